The number of halogens is 1. The minimum absolute atomic E-state index is 0.0980. The maximum Gasteiger partial charge on any atom is 0.277 e. The summed E-state index contributed by atoms with van der Waals surface area (Å²) in [5.41, 5.74) is 0.608. The summed E-state index contributed by atoms with van der Waals surface area (Å²) >= 11 is 5.72. The van der Waals surface area contributed by atoms with Crippen LogP contribution in [-0.2, 0) is 4.84 Å². The summed E-state index contributed by atoms with van der Waals surface area (Å²) < 4.78 is 0. The second kappa shape index (κ2) is 3.98. The molecular formula is C10H10ClNO2. The first-order chi connectivity index (χ1) is 6.77. The predicted octanol–water partition coefficient (Wildman–Crippen LogP) is 2.12. The van der Waals surface area contributed by atoms with Gasteiger partial charge >= 0.3 is 0 Å². The van der Waals surface area contributed by atoms with Crippen LogP contribution in [0.5, 0.6) is 0 Å². The van der Waals surface area contributed by atoms with Crippen molar-refractivity contribution in [1.29, 1.82) is 0 Å². The predicted molar refractivity (Wildman–Crippen MR) is 53.1 cm³/mol. The number of carbonyl (C=O) groups is 1. The summed E-state index contributed by atoms with van der Waals surface area (Å²) in [6.45, 7) is 1.29. The zero-order chi connectivity index (χ0) is 9.97. The normalized spacial score (nSPS) is 15.9. The third-order valence-electron chi connectivity index (χ3n) is 2.07. The van der Waals surface area contributed by atoms with E-state index in [2.05, 4.69) is 0 Å². The molecule has 0 spiro atoms. The number of carbonyl (C=O) groups excluding carboxylic acids is 1. The van der Waals surface area contributed by atoms with Crippen molar-refractivity contribution in [2.24, 2.45) is 0 Å². The van der Waals surface area contributed by atoms with Crippen LogP contribution in [0.25, 0.3) is 0 Å². The van der Waals surface area contributed by atoms with Gasteiger partial charge in [0.2, 0.25) is 0 Å². The summed E-state index contributed by atoms with van der Waals surface area (Å²) in [5.74, 6) is -0.0980. The topological polar surface area (TPSA) is 29.5 Å². The Bertz CT molecular complexity index is 330. The van der Waals surface area contributed by atoms with Crippen LogP contribution in [0.3, 0.4) is 0 Å². The molecule has 1 saturated heterocycles. The van der Waals surface area contributed by atoms with Crippen molar-refractivity contribution in [2.45, 2.75) is 6.42 Å². The molecular weight excluding hydrogens is 202 g/mol. The van der Waals surface area contributed by atoms with E-state index in [0.29, 0.717) is 23.7 Å². The Hall–Kier alpha value is -1.06. The molecule has 0 saturated carbocycles. The van der Waals surface area contributed by atoms with Gasteiger partial charge in [-0.3, -0.25) is 9.63 Å². The number of amides is 1. The lowest BCUT2D eigenvalue weighted by molar-refractivity contribution is -0.0768. The Morgan fingerprint density at radius 2 is 2.07 bits per heavy atom. The van der Waals surface area contributed by atoms with Gasteiger partial charge in [0, 0.05) is 10.6 Å². The highest BCUT2D eigenvalue weighted by Crippen LogP contribution is 2.14. The SMILES string of the molecule is O=C(c1ccc(Cl)cc1)N1CCCO1. The van der Waals surface area contributed by atoms with Crippen molar-refractivity contribution in [3.05, 3.63) is 34.9 Å². The van der Waals surface area contributed by atoms with Crippen LogP contribution in [0, 0.1) is 0 Å². The molecule has 0 unspecified atom stereocenters. The third-order valence-corrected chi connectivity index (χ3v) is 2.32. The van der Waals surface area contributed by atoms with Crippen molar-refractivity contribution in [3.63, 3.8) is 0 Å². The Morgan fingerprint density at radius 3 is 2.64 bits per heavy atom. The smallest absolute Gasteiger partial charge is 0.271 e. The average Bonchev–Trinajstić information content (AvgIpc) is 2.71. The molecule has 0 atom stereocenters. The fourth-order valence-corrected chi connectivity index (χ4v) is 1.47. The summed E-state index contributed by atoms with van der Waals surface area (Å²) in [5, 5.41) is 2.02. The maximum atomic E-state index is 11.7. The quantitative estimate of drug-likeness (QED) is 0.712. The molecule has 0 aliphatic carbocycles. The molecule has 1 aromatic rings. The second-order valence-corrected chi connectivity index (χ2v) is 3.54. The van der Waals surface area contributed by atoms with Gasteiger partial charge in [0.15, 0.2) is 0 Å². The van der Waals surface area contributed by atoms with E-state index in [1.54, 1.807) is 24.3 Å². The fraction of sp³-hybridized carbons (Fsp3) is 0.300. The number of rotatable bonds is 1. The largest absolute Gasteiger partial charge is 0.277 e. The van der Waals surface area contributed by atoms with E-state index in [1.807, 2.05) is 0 Å². The lowest BCUT2D eigenvalue weighted by atomic mass is 10.2. The number of hydrogen-bond acceptors (Lipinski definition) is 2. The van der Waals surface area contributed by atoms with E-state index < -0.39 is 0 Å². The molecule has 14 heavy (non-hydrogen) atoms. The standard InChI is InChI=1S/C10H10ClNO2/c11-9-4-2-8(3-5-9)10(13)12-6-1-7-14-12/h2-5H,1,6-7H2. The Balaban J connectivity index is 2.14. The highest BCUT2D eigenvalue weighted by atomic mass is 35.5. The van der Waals surface area contributed by atoms with Crippen LogP contribution >= 0.6 is 11.6 Å². The zero-order valence-electron chi connectivity index (χ0n) is 7.57. The van der Waals surface area contributed by atoms with Gasteiger partial charge in [-0.05, 0) is 30.7 Å². The van der Waals surface area contributed by atoms with E-state index in [-0.39, 0.29) is 5.91 Å². The van der Waals surface area contributed by atoms with Crippen molar-refractivity contribution in [3.8, 4) is 0 Å². The minimum atomic E-state index is -0.0980. The summed E-state index contributed by atoms with van der Waals surface area (Å²) in [4.78, 5) is 16.9. The van der Waals surface area contributed by atoms with Crippen LogP contribution in [0.1, 0.15) is 16.8 Å². The zero-order valence-corrected chi connectivity index (χ0v) is 8.33. The molecule has 4 heteroatoms. The van der Waals surface area contributed by atoms with Crippen LogP contribution in [-0.4, -0.2) is 24.1 Å². The maximum absolute atomic E-state index is 11.7. The first-order valence-corrected chi connectivity index (χ1v) is 4.85. The van der Waals surface area contributed by atoms with Gasteiger partial charge in [0.05, 0.1) is 13.2 Å². The van der Waals surface area contributed by atoms with Gasteiger partial charge in [-0.15, -0.1) is 0 Å². The Kier molecular flexibility index (Phi) is 2.70. The van der Waals surface area contributed by atoms with E-state index in [0.717, 1.165) is 6.42 Å². The van der Waals surface area contributed by atoms with Crippen molar-refractivity contribution < 1.29 is 9.63 Å². The van der Waals surface area contributed by atoms with Crippen molar-refractivity contribution in [1.82, 2.24) is 5.06 Å². The molecule has 1 heterocycles. The van der Waals surface area contributed by atoms with Gasteiger partial charge in [0.1, 0.15) is 0 Å². The van der Waals surface area contributed by atoms with Gasteiger partial charge in [-0.2, -0.15) is 0 Å². The van der Waals surface area contributed by atoms with Crippen LogP contribution in [0.15, 0.2) is 24.3 Å². The molecule has 0 aromatic heterocycles. The third kappa shape index (κ3) is 1.89. The summed E-state index contributed by atoms with van der Waals surface area (Å²) in [6, 6.07) is 6.80. The van der Waals surface area contributed by atoms with Crippen molar-refractivity contribution in [2.75, 3.05) is 13.2 Å². The van der Waals surface area contributed by atoms with Gasteiger partial charge in [-0.25, -0.2) is 5.06 Å². The number of hydroxylamine groups is 2. The van der Waals surface area contributed by atoms with E-state index in [1.165, 1.54) is 5.06 Å². The average molecular weight is 212 g/mol. The summed E-state index contributed by atoms with van der Waals surface area (Å²) in [6.07, 6.45) is 0.902. The number of benzene rings is 1. The van der Waals surface area contributed by atoms with Gasteiger partial charge < -0.3 is 0 Å². The number of hydrogen-bond donors (Lipinski definition) is 0. The molecule has 1 aliphatic heterocycles. The summed E-state index contributed by atoms with van der Waals surface area (Å²) in [7, 11) is 0. The van der Waals surface area contributed by atoms with Gasteiger partial charge in [-0.1, -0.05) is 11.6 Å². The van der Waals surface area contributed by atoms with Crippen LogP contribution in [0.4, 0.5) is 0 Å². The molecule has 1 amide bonds. The van der Waals surface area contributed by atoms with Crippen LogP contribution < -0.4 is 0 Å². The van der Waals surface area contributed by atoms with E-state index in [4.69, 9.17) is 16.4 Å². The molecule has 0 bridgehead atoms. The van der Waals surface area contributed by atoms with Gasteiger partial charge in [0.25, 0.3) is 5.91 Å². The number of nitrogens with zero attached hydrogens (tertiary/aromatic N) is 1. The minimum Gasteiger partial charge on any atom is -0.271 e. The van der Waals surface area contributed by atoms with E-state index in [9.17, 15) is 4.79 Å². The highest BCUT2D eigenvalue weighted by Gasteiger charge is 2.20. The highest BCUT2D eigenvalue weighted by molar-refractivity contribution is 6.30. The second-order valence-electron chi connectivity index (χ2n) is 3.10. The molecule has 2 rings (SSSR count). The molecule has 0 radical (unpaired) electrons. The molecule has 74 valence electrons. The lowest BCUT2D eigenvalue weighted by Gasteiger charge is -2.13. The molecule has 0 N–H and O–H groups in total. The first kappa shape index (κ1) is 9.49. The monoisotopic (exact) mass is 211 g/mol. The molecule has 3 nitrogen and oxygen atoms in total. The van der Waals surface area contributed by atoms with E-state index >= 15 is 0 Å². The Morgan fingerprint density at radius 1 is 1.36 bits per heavy atom. The molecule has 1 fully saturated rings. The molecule has 1 aromatic carbocycles. The van der Waals surface area contributed by atoms with Crippen LogP contribution in [0.2, 0.25) is 5.02 Å². The van der Waals surface area contributed by atoms with Crippen molar-refractivity contribution >= 4 is 17.5 Å². The Labute approximate surface area is 87.2 Å². The first-order valence-electron chi connectivity index (χ1n) is 4.48. The lowest BCUT2D eigenvalue weighted by Crippen LogP contribution is -2.26. The molecule has 1 aliphatic rings. The fourth-order valence-electron chi connectivity index (χ4n) is 1.34.